The van der Waals surface area contributed by atoms with Crippen molar-refractivity contribution in [2.45, 2.75) is 31.8 Å². The maximum absolute atomic E-state index is 3.63. The van der Waals surface area contributed by atoms with E-state index in [1.54, 1.807) is 0 Å². The van der Waals surface area contributed by atoms with Gasteiger partial charge in [-0.25, -0.2) is 0 Å². The number of rotatable bonds is 3. The molecule has 0 aromatic heterocycles. The summed E-state index contributed by atoms with van der Waals surface area (Å²) in [5.74, 6) is 0. The highest BCUT2D eigenvalue weighted by atomic mass is 79.9. The number of anilines is 1. The van der Waals surface area contributed by atoms with E-state index in [-0.39, 0.29) is 0 Å². The van der Waals surface area contributed by atoms with Crippen LogP contribution in [0.4, 0.5) is 5.69 Å². The fraction of sp³-hybridized carbons (Fsp3) is 0.625. The van der Waals surface area contributed by atoms with E-state index in [1.807, 2.05) is 7.05 Å². The topological polar surface area (TPSA) is 18.5 Å². The molecule has 2 aliphatic heterocycles. The second-order valence-electron chi connectivity index (χ2n) is 5.93. The molecule has 0 radical (unpaired) electrons. The minimum Gasteiger partial charge on any atom is -0.370 e. The summed E-state index contributed by atoms with van der Waals surface area (Å²) in [5, 5.41) is 3.29. The van der Waals surface area contributed by atoms with Gasteiger partial charge < -0.3 is 10.2 Å². The van der Waals surface area contributed by atoms with Gasteiger partial charge in [-0.2, -0.15) is 0 Å². The molecule has 1 aromatic rings. The van der Waals surface area contributed by atoms with Crippen LogP contribution in [0, 0.1) is 0 Å². The smallest absolute Gasteiger partial charge is 0.0423 e. The van der Waals surface area contributed by atoms with Crippen LogP contribution < -0.4 is 10.2 Å². The molecule has 2 heterocycles. The second kappa shape index (κ2) is 6.46. The molecule has 4 heteroatoms. The molecule has 1 aromatic carbocycles. The van der Waals surface area contributed by atoms with Crippen molar-refractivity contribution in [3.8, 4) is 0 Å². The third-order valence-electron chi connectivity index (χ3n) is 4.56. The van der Waals surface area contributed by atoms with Gasteiger partial charge in [-0.05, 0) is 50.6 Å². The summed E-state index contributed by atoms with van der Waals surface area (Å²) < 4.78 is 1.18. The molecule has 0 amide bonds. The Kier molecular flexibility index (Phi) is 4.64. The molecule has 0 aliphatic carbocycles. The van der Waals surface area contributed by atoms with Crippen molar-refractivity contribution in [2.24, 2.45) is 0 Å². The van der Waals surface area contributed by atoms with Crippen molar-refractivity contribution in [2.75, 3.05) is 38.1 Å². The highest BCUT2D eigenvalue weighted by Gasteiger charge is 2.29. The van der Waals surface area contributed by atoms with E-state index in [9.17, 15) is 0 Å². The summed E-state index contributed by atoms with van der Waals surface area (Å²) in [6.45, 7) is 5.89. The van der Waals surface area contributed by atoms with E-state index in [4.69, 9.17) is 0 Å². The van der Waals surface area contributed by atoms with E-state index in [1.165, 1.54) is 61.2 Å². The van der Waals surface area contributed by atoms with E-state index in [0.29, 0.717) is 0 Å². The summed E-state index contributed by atoms with van der Waals surface area (Å²) in [6, 6.07) is 7.44. The highest BCUT2D eigenvalue weighted by Crippen LogP contribution is 2.29. The van der Waals surface area contributed by atoms with E-state index < -0.39 is 0 Å². The molecule has 2 saturated heterocycles. The van der Waals surface area contributed by atoms with Gasteiger partial charge in [-0.1, -0.05) is 22.0 Å². The van der Waals surface area contributed by atoms with E-state index in [0.717, 1.165) is 12.6 Å². The lowest BCUT2D eigenvalue weighted by atomic mass is 10.1. The van der Waals surface area contributed by atoms with Crippen LogP contribution in [0.15, 0.2) is 22.7 Å². The number of hydrogen-bond acceptors (Lipinski definition) is 3. The Hall–Kier alpha value is -0.580. The Morgan fingerprint density at radius 1 is 1.25 bits per heavy atom. The van der Waals surface area contributed by atoms with Crippen LogP contribution >= 0.6 is 15.9 Å². The minimum atomic E-state index is 0.763. The molecular formula is C16H24BrN3. The maximum atomic E-state index is 3.63. The van der Waals surface area contributed by atoms with Crippen molar-refractivity contribution in [1.82, 2.24) is 10.2 Å². The predicted molar refractivity (Wildman–Crippen MR) is 88.3 cm³/mol. The second-order valence-corrected chi connectivity index (χ2v) is 6.85. The van der Waals surface area contributed by atoms with Gasteiger partial charge in [0.25, 0.3) is 0 Å². The lowest BCUT2D eigenvalue weighted by Gasteiger charge is -2.29. The summed E-state index contributed by atoms with van der Waals surface area (Å²) in [5.41, 5.74) is 2.81. The molecule has 3 rings (SSSR count). The van der Waals surface area contributed by atoms with Crippen molar-refractivity contribution < 1.29 is 0 Å². The summed E-state index contributed by atoms with van der Waals surface area (Å²) in [4.78, 5) is 5.29. The molecule has 2 aliphatic rings. The molecule has 0 saturated carbocycles. The lowest BCUT2D eigenvalue weighted by Crippen LogP contribution is -2.37. The van der Waals surface area contributed by atoms with Gasteiger partial charge in [0, 0.05) is 42.4 Å². The summed E-state index contributed by atoms with van der Waals surface area (Å²) in [7, 11) is 2.02. The summed E-state index contributed by atoms with van der Waals surface area (Å²) in [6.07, 6.45) is 4.02. The average molecular weight is 338 g/mol. The monoisotopic (exact) mass is 337 g/mol. The van der Waals surface area contributed by atoms with Crippen molar-refractivity contribution in [3.05, 3.63) is 28.2 Å². The third-order valence-corrected chi connectivity index (χ3v) is 5.05. The van der Waals surface area contributed by atoms with Crippen LogP contribution in [0.1, 0.15) is 24.8 Å². The van der Waals surface area contributed by atoms with Gasteiger partial charge in [0.2, 0.25) is 0 Å². The first-order chi connectivity index (χ1) is 9.78. The lowest BCUT2D eigenvalue weighted by molar-refractivity contribution is 0.273. The molecule has 110 valence electrons. The van der Waals surface area contributed by atoms with Crippen LogP contribution in [0.2, 0.25) is 0 Å². The Balaban J connectivity index is 1.85. The zero-order chi connectivity index (χ0) is 13.9. The van der Waals surface area contributed by atoms with E-state index >= 15 is 0 Å². The van der Waals surface area contributed by atoms with Crippen molar-refractivity contribution in [3.63, 3.8) is 0 Å². The van der Waals surface area contributed by atoms with Gasteiger partial charge >= 0.3 is 0 Å². The van der Waals surface area contributed by atoms with Gasteiger partial charge in [-0.3, -0.25) is 4.90 Å². The van der Waals surface area contributed by atoms with Crippen LogP contribution in [0.5, 0.6) is 0 Å². The minimum absolute atomic E-state index is 0.763. The fourth-order valence-corrected chi connectivity index (χ4v) is 3.95. The number of hydrogen-bond donors (Lipinski definition) is 1. The Morgan fingerprint density at radius 2 is 2.10 bits per heavy atom. The van der Waals surface area contributed by atoms with Crippen molar-refractivity contribution >= 4 is 21.6 Å². The SMILES string of the molecule is CNCc1ccc(Br)cc1N1CCCN2CCCC2C1. The zero-order valence-electron chi connectivity index (χ0n) is 12.2. The Labute approximate surface area is 130 Å². The number of fused-ring (bicyclic) bond motifs is 1. The predicted octanol–water partition coefficient (Wildman–Crippen LogP) is 2.84. The number of nitrogens with zero attached hydrogens (tertiary/aromatic N) is 2. The van der Waals surface area contributed by atoms with Gasteiger partial charge in [0.15, 0.2) is 0 Å². The molecule has 0 bridgehead atoms. The molecule has 1 atom stereocenters. The van der Waals surface area contributed by atoms with Crippen LogP contribution in [-0.2, 0) is 6.54 Å². The highest BCUT2D eigenvalue weighted by molar-refractivity contribution is 9.10. The van der Waals surface area contributed by atoms with Crippen LogP contribution in [0.25, 0.3) is 0 Å². The first kappa shape index (κ1) is 14.4. The maximum Gasteiger partial charge on any atom is 0.0423 e. The number of halogens is 1. The van der Waals surface area contributed by atoms with Crippen LogP contribution in [-0.4, -0.2) is 44.2 Å². The quantitative estimate of drug-likeness (QED) is 0.914. The Bertz CT molecular complexity index is 463. The molecule has 1 unspecified atom stereocenters. The first-order valence-corrected chi connectivity index (χ1v) is 8.49. The third kappa shape index (κ3) is 3.02. The molecule has 3 nitrogen and oxygen atoms in total. The molecular weight excluding hydrogens is 314 g/mol. The molecule has 20 heavy (non-hydrogen) atoms. The van der Waals surface area contributed by atoms with Gasteiger partial charge in [0.1, 0.15) is 0 Å². The van der Waals surface area contributed by atoms with Crippen LogP contribution in [0.3, 0.4) is 0 Å². The molecule has 0 spiro atoms. The number of benzene rings is 1. The van der Waals surface area contributed by atoms with Gasteiger partial charge in [-0.15, -0.1) is 0 Å². The normalized spacial score (nSPS) is 23.7. The number of nitrogens with one attached hydrogen (secondary N) is 1. The average Bonchev–Trinajstić information content (AvgIpc) is 2.78. The largest absolute Gasteiger partial charge is 0.370 e. The molecule has 1 N–H and O–H groups in total. The fourth-order valence-electron chi connectivity index (χ4n) is 3.60. The standard InChI is InChI=1S/C16H24BrN3/c1-18-11-13-5-6-14(17)10-16(13)20-9-3-8-19-7-2-4-15(19)12-20/h5-6,10,15,18H,2-4,7-9,11-12H2,1H3. The summed E-state index contributed by atoms with van der Waals surface area (Å²) >= 11 is 3.63. The van der Waals surface area contributed by atoms with Crippen molar-refractivity contribution in [1.29, 1.82) is 0 Å². The van der Waals surface area contributed by atoms with E-state index in [2.05, 4.69) is 49.2 Å². The first-order valence-electron chi connectivity index (χ1n) is 7.70. The van der Waals surface area contributed by atoms with Gasteiger partial charge in [0.05, 0.1) is 0 Å². The zero-order valence-corrected chi connectivity index (χ0v) is 13.8. The molecule has 2 fully saturated rings. The Morgan fingerprint density at radius 3 is 2.95 bits per heavy atom.